The Labute approximate surface area is 103 Å². The molecule has 2 aliphatic rings. The van der Waals surface area contributed by atoms with Crippen molar-refractivity contribution < 1.29 is 4.79 Å². The van der Waals surface area contributed by atoms with Gasteiger partial charge in [0.15, 0.2) is 0 Å². The molecule has 0 aromatic heterocycles. The number of hydrazone groups is 1. The Balaban J connectivity index is 1.64. The monoisotopic (exact) mass is 234 g/mol. The minimum Gasteiger partial charge on any atom is -0.273 e. The fraction of sp³-hybridized carbons (Fsp3) is 0.714. The fourth-order valence-corrected chi connectivity index (χ4v) is 2.79. The van der Waals surface area contributed by atoms with Crippen LogP contribution in [0.3, 0.4) is 0 Å². The van der Waals surface area contributed by atoms with Gasteiger partial charge in [-0.2, -0.15) is 5.10 Å². The first-order valence-electron chi connectivity index (χ1n) is 6.80. The van der Waals surface area contributed by atoms with E-state index in [4.69, 9.17) is 0 Å². The summed E-state index contributed by atoms with van der Waals surface area (Å²) in [6, 6.07) is 0. The Morgan fingerprint density at radius 2 is 2.29 bits per heavy atom. The molecule has 94 valence electrons. The lowest BCUT2D eigenvalue weighted by Gasteiger charge is -2.11. The van der Waals surface area contributed by atoms with Gasteiger partial charge in [-0.15, -0.1) is 0 Å². The molecule has 0 radical (unpaired) electrons. The van der Waals surface area contributed by atoms with Crippen LogP contribution < -0.4 is 5.43 Å². The van der Waals surface area contributed by atoms with Crippen molar-refractivity contribution in [1.29, 1.82) is 0 Å². The highest BCUT2D eigenvalue weighted by atomic mass is 16.2. The summed E-state index contributed by atoms with van der Waals surface area (Å²) in [5.74, 6) is 2.02. The predicted molar refractivity (Wildman–Crippen MR) is 69.6 cm³/mol. The largest absolute Gasteiger partial charge is 0.273 e. The first kappa shape index (κ1) is 12.3. The van der Waals surface area contributed by atoms with E-state index in [-0.39, 0.29) is 5.91 Å². The normalized spacial score (nSPS) is 30.3. The lowest BCUT2D eigenvalue weighted by molar-refractivity contribution is -0.121. The van der Waals surface area contributed by atoms with Crippen LogP contribution in [-0.4, -0.2) is 12.1 Å². The first-order chi connectivity index (χ1) is 8.29. The maximum absolute atomic E-state index is 11.4. The molecule has 1 N–H and O–H groups in total. The summed E-state index contributed by atoms with van der Waals surface area (Å²) in [5, 5.41) is 4.09. The fourth-order valence-electron chi connectivity index (χ4n) is 2.79. The van der Waals surface area contributed by atoms with E-state index in [9.17, 15) is 4.79 Å². The number of rotatable bonds is 6. The Bertz CT molecular complexity index is 322. The summed E-state index contributed by atoms with van der Waals surface area (Å²) in [4.78, 5) is 11.4. The first-order valence-corrected chi connectivity index (χ1v) is 6.80. The van der Waals surface area contributed by atoms with Gasteiger partial charge in [0, 0.05) is 18.6 Å². The number of unbranched alkanes of at least 4 members (excludes halogenated alkanes) is 2. The highest BCUT2D eigenvalue weighted by Gasteiger charge is 2.34. The molecule has 17 heavy (non-hydrogen) atoms. The summed E-state index contributed by atoms with van der Waals surface area (Å²) in [7, 11) is 0. The van der Waals surface area contributed by atoms with E-state index in [0.29, 0.717) is 18.3 Å². The number of allylic oxidation sites excluding steroid dienone is 2. The molecule has 2 rings (SSSR count). The third-order valence-electron chi connectivity index (χ3n) is 3.79. The van der Waals surface area contributed by atoms with Crippen molar-refractivity contribution in [3.8, 4) is 0 Å². The smallest absolute Gasteiger partial charge is 0.240 e. The van der Waals surface area contributed by atoms with Gasteiger partial charge in [-0.25, -0.2) is 5.43 Å². The zero-order chi connectivity index (χ0) is 12.1. The van der Waals surface area contributed by atoms with E-state index in [1.165, 1.54) is 12.8 Å². The SMILES string of the molecule is CCCCCC(=O)N/N=C/C1CC2C=CC1C2. The summed E-state index contributed by atoms with van der Waals surface area (Å²) in [5.41, 5.74) is 2.63. The van der Waals surface area contributed by atoms with E-state index in [1.807, 2.05) is 6.21 Å². The molecule has 0 aromatic carbocycles. The number of hydrogen-bond acceptors (Lipinski definition) is 2. The molecular weight excluding hydrogens is 212 g/mol. The third kappa shape index (κ3) is 3.42. The van der Waals surface area contributed by atoms with Crippen LogP contribution in [0.4, 0.5) is 0 Å². The van der Waals surface area contributed by atoms with E-state index >= 15 is 0 Å². The van der Waals surface area contributed by atoms with Gasteiger partial charge < -0.3 is 0 Å². The molecule has 1 amide bonds. The average molecular weight is 234 g/mol. The number of fused-ring (bicyclic) bond motifs is 2. The molecular formula is C14H22N2O. The number of nitrogens with one attached hydrogen (secondary N) is 1. The van der Waals surface area contributed by atoms with Gasteiger partial charge in [0.1, 0.15) is 0 Å². The Morgan fingerprint density at radius 3 is 2.94 bits per heavy atom. The van der Waals surface area contributed by atoms with Gasteiger partial charge in [0.2, 0.25) is 5.91 Å². The van der Waals surface area contributed by atoms with E-state index in [2.05, 4.69) is 29.6 Å². The number of carbonyl (C=O) groups excluding carboxylic acids is 1. The minimum absolute atomic E-state index is 0.0494. The van der Waals surface area contributed by atoms with Crippen LogP contribution >= 0.6 is 0 Å². The second-order valence-corrected chi connectivity index (χ2v) is 5.21. The van der Waals surface area contributed by atoms with E-state index < -0.39 is 0 Å². The van der Waals surface area contributed by atoms with Crippen molar-refractivity contribution in [3.05, 3.63) is 12.2 Å². The topological polar surface area (TPSA) is 41.5 Å². The quantitative estimate of drug-likeness (QED) is 0.326. The summed E-state index contributed by atoms with van der Waals surface area (Å²) in [6.45, 7) is 2.14. The number of hydrogen-bond donors (Lipinski definition) is 1. The van der Waals surface area contributed by atoms with Crippen LogP contribution in [0.25, 0.3) is 0 Å². The van der Waals surface area contributed by atoms with Gasteiger partial charge >= 0.3 is 0 Å². The zero-order valence-electron chi connectivity index (χ0n) is 10.6. The third-order valence-corrected chi connectivity index (χ3v) is 3.79. The predicted octanol–water partition coefficient (Wildman–Crippen LogP) is 2.88. The van der Waals surface area contributed by atoms with Crippen molar-refractivity contribution in [2.24, 2.45) is 22.9 Å². The van der Waals surface area contributed by atoms with Gasteiger partial charge in [0.25, 0.3) is 0 Å². The summed E-state index contributed by atoms with van der Waals surface area (Å²) >= 11 is 0. The molecule has 0 spiro atoms. The molecule has 0 heterocycles. The maximum Gasteiger partial charge on any atom is 0.240 e. The van der Waals surface area contributed by atoms with E-state index in [1.54, 1.807) is 0 Å². The van der Waals surface area contributed by atoms with Gasteiger partial charge in [0.05, 0.1) is 0 Å². The van der Waals surface area contributed by atoms with Crippen LogP contribution in [0, 0.1) is 17.8 Å². The molecule has 0 saturated heterocycles. The lowest BCUT2D eigenvalue weighted by Crippen LogP contribution is -2.19. The standard InChI is InChI=1S/C14H22N2O/c1-2-3-4-5-14(17)16-15-10-13-9-11-6-7-12(13)8-11/h6-7,10-13H,2-5,8-9H2,1H3,(H,16,17)/b15-10+. The molecule has 2 aliphatic carbocycles. The zero-order valence-corrected chi connectivity index (χ0v) is 10.6. The second-order valence-electron chi connectivity index (χ2n) is 5.21. The van der Waals surface area contributed by atoms with Crippen LogP contribution in [-0.2, 0) is 4.79 Å². The maximum atomic E-state index is 11.4. The highest BCUT2D eigenvalue weighted by molar-refractivity contribution is 5.77. The Kier molecular flexibility index (Phi) is 4.35. The molecule has 3 atom stereocenters. The van der Waals surface area contributed by atoms with Crippen LogP contribution in [0.5, 0.6) is 0 Å². The van der Waals surface area contributed by atoms with Crippen LogP contribution in [0.1, 0.15) is 45.4 Å². The molecule has 3 unspecified atom stereocenters. The molecule has 3 heteroatoms. The van der Waals surface area contributed by atoms with Crippen molar-refractivity contribution in [2.45, 2.75) is 45.4 Å². The second kappa shape index (κ2) is 5.99. The minimum atomic E-state index is 0.0494. The molecule has 3 nitrogen and oxygen atoms in total. The number of nitrogens with zero attached hydrogens (tertiary/aromatic N) is 1. The average Bonchev–Trinajstić information content (AvgIpc) is 2.91. The molecule has 0 aliphatic heterocycles. The van der Waals surface area contributed by atoms with Crippen LogP contribution in [0.15, 0.2) is 17.3 Å². The van der Waals surface area contributed by atoms with Gasteiger partial charge in [-0.1, -0.05) is 31.9 Å². The van der Waals surface area contributed by atoms with Crippen molar-refractivity contribution >= 4 is 12.1 Å². The molecule has 1 fully saturated rings. The Hall–Kier alpha value is -1.12. The van der Waals surface area contributed by atoms with Crippen LogP contribution in [0.2, 0.25) is 0 Å². The number of carbonyl (C=O) groups is 1. The number of amides is 1. The van der Waals surface area contributed by atoms with E-state index in [0.717, 1.165) is 25.2 Å². The highest BCUT2D eigenvalue weighted by Crippen LogP contribution is 2.42. The summed E-state index contributed by atoms with van der Waals surface area (Å²) in [6.07, 6.45) is 12.9. The molecule has 0 aromatic rings. The van der Waals surface area contributed by atoms with Crippen molar-refractivity contribution in [2.75, 3.05) is 0 Å². The van der Waals surface area contributed by atoms with Crippen molar-refractivity contribution in [3.63, 3.8) is 0 Å². The van der Waals surface area contributed by atoms with Gasteiger partial charge in [-0.05, 0) is 31.1 Å². The molecule has 2 bridgehead atoms. The van der Waals surface area contributed by atoms with Crippen molar-refractivity contribution in [1.82, 2.24) is 5.43 Å². The summed E-state index contributed by atoms with van der Waals surface area (Å²) < 4.78 is 0. The van der Waals surface area contributed by atoms with Gasteiger partial charge in [-0.3, -0.25) is 4.79 Å². The Morgan fingerprint density at radius 1 is 1.41 bits per heavy atom. The molecule has 1 saturated carbocycles. The lowest BCUT2D eigenvalue weighted by atomic mass is 9.95.